The molecule has 1 aliphatic rings. The zero-order chi connectivity index (χ0) is 14.5. The fourth-order valence-electron chi connectivity index (χ4n) is 2.75. The van der Waals surface area contributed by atoms with E-state index in [2.05, 4.69) is 52.8 Å². The quantitative estimate of drug-likeness (QED) is 0.439. The summed E-state index contributed by atoms with van der Waals surface area (Å²) in [5.41, 5.74) is 4.51. The fourth-order valence-corrected chi connectivity index (χ4v) is 3.01. The predicted molar refractivity (Wildman–Crippen MR) is 90.9 cm³/mol. The highest BCUT2D eigenvalue weighted by Gasteiger charge is 2.31. The van der Waals surface area contributed by atoms with Crippen molar-refractivity contribution in [2.45, 2.75) is 71.5 Å². The standard InChI is InChI=1S/C18H30S/c1-6-9-16-10-8-11-17(13-16)18(5,19)15(4)12-14(3)7-2/h7,10,13,15,19H,6,8-9,11-12H2,1-5H3. The van der Waals surface area contributed by atoms with Crippen LogP contribution in [0, 0.1) is 5.92 Å². The maximum Gasteiger partial charge on any atom is 0.0341 e. The summed E-state index contributed by atoms with van der Waals surface area (Å²) in [5, 5.41) is 0. The molecule has 0 saturated carbocycles. The smallest absolute Gasteiger partial charge is 0.0341 e. The molecule has 0 heterocycles. The zero-order valence-electron chi connectivity index (χ0n) is 13.3. The van der Waals surface area contributed by atoms with E-state index in [1.54, 1.807) is 0 Å². The van der Waals surface area contributed by atoms with Gasteiger partial charge in [-0.1, -0.05) is 55.2 Å². The molecule has 1 aliphatic carbocycles. The molecule has 0 bridgehead atoms. The summed E-state index contributed by atoms with van der Waals surface area (Å²) in [6, 6.07) is 0. The minimum Gasteiger partial charge on any atom is -0.168 e. The molecule has 0 nitrogen and oxygen atoms in total. The topological polar surface area (TPSA) is 0 Å². The van der Waals surface area contributed by atoms with Crippen LogP contribution in [-0.4, -0.2) is 4.75 Å². The second kappa shape index (κ2) is 7.38. The van der Waals surface area contributed by atoms with E-state index in [9.17, 15) is 0 Å². The third kappa shape index (κ3) is 4.56. The third-order valence-electron chi connectivity index (χ3n) is 4.45. The molecular formula is C18H30S. The molecule has 0 fully saturated rings. The summed E-state index contributed by atoms with van der Waals surface area (Å²) in [6.07, 6.45) is 13.0. The fraction of sp³-hybridized carbons (Fsp3) is 0.667. The van der Waals surface area contributed by atoms with E-state index < -0.39 is 0 Å². The van der Waals surface area contributed by atoms with Gasteiger partial charge in [0.15, 0.2) is 0 Å². The van der Waals surface area contributed by atoms with E-state index in [-0.39, 0.29) is 4.75 Å². The highest BCUT2D eigenvalue weighted by atomic mass is 32.1. The SMILES string of the molecule is CC=C(C)CC(C)C(C)(S)C1=CC(CCC)=CCC1. The summed E-state index contributed by atoms with van der Waals surface area (Å²) < 4.78 is 0.0114. The third-order valence-corrected chi connectivity index (χ3v) is 5.18. The Morgan fingerprint density at radius 1 is 1.53 bits per heavy atom. The molecule has 0 aromatic heterocycles. The van der Waals surface area contributed by atoms with E-state index in [1.807, 2.05) is 0 Å². The molecule has 0 radical (unpaired) electrons. The highest BCUT2D eigenvalue weighted by Crippen LogP contribution is 2.40. The van der Waals surface area contributed by atoms with Crippen LogP contribution >= 0.6 is 12.6 Å². The summed E-state index contributed by atoms with van der Waals surface area (Å²) in [5.74, 6) is 0.569. The number of thiol groups is 1. The molecule has 2 atom stereocenters. The summed E-state index contributed by atoms with van der Waals surface area (Å²) in [4.78, 5) is 0. The minimum atomic E-state index is 0.0114. The molecule has 0 aromatic carbocycles. The van der Waals surface area contributed by atoms with Gasteiger partial charge < -0.3 is 0 Å². The van der Waals surface area contributed by atoms with Gasteiger partial charge in [-0.05, 0) is 52.4 Å². The molecule has 19 heavy (non-hydrogen) atoms. The van der Waals surface area contributed by atoms with Gasteiger partial charge in [0.2, 0.25) is 0 Å². The largest absolute Gasteiger partial charge is 0.168 e. The average Bonchev–Trinajstić information content (AvgIpc) is 2.39. The van der Waals surface area contributed by atoms with Crippen LogP contribution < -0.4 is 0 Å². The molecule has 0 aromatic rings. The van der Waals surface area contributed by atoms with Gasteiger partial charge >= 0.3 is 0 Å². The Hall–Kier alpha value is -0.430. The van der Waals surface area contributed by atoms with Crippen molar-refractivity contribution in [2.24, 2.45) is 5.92 Å². The first-order chi connectivity index (χ1) is 8.91. The summed E-state index contributed by atoms with van der Waals surface area (Å²) >= 11 is 5.02. The van der Waals surface area contributed by atoms with Crippen molar-refractivity contribution in [1.29, 1.82) is 0 Å². The van der Waals surface area contributed by atoms with Crippen LogP contribution in [-0.2, 0) is 0 Å². The number of hydrogen-bond acceptors (Lipinski definition) is 1. The van der Waals surface area contributed by atoms with Gasteiger partial charge in [0, 0.05) is 4.75 Å². The van der Waals surface area contributed by atoms with E-state index >= 15 is 0 Å². The van der Waals surface area contributed by atoms with Gasteiger partial charge in [-0.3, -0.25) is 0 Å². The van der Waals surface area contributed by atoms with Gasteiger partial charge in [0.1, 0.15) is 0 Å². The normalized spacial score (nSPS) is 21.5. The molecule has 2 unspecified atom stereocenters. The maximum atomic E-state index is 5.02. The predicted octanol–water partition coefficient (Wildman–Crippen LogP) is 6.11. The maximum absolute atomic E-state index is 5.02. The lowest BCUT2D eigenvalue weighted by Gasteiger charge is -2.35. The van der Waals surface area contributed by atoms with Crippen LogP contribution in [0.3, 0.4) is 0 Å². The molecule has 108 valence electrons. The van der Waals surface area contributed by atoms with E-state index in [0.29, 0.717) is 5.92 Å². The Morgan fingerprint density at radius 2 is 2.21 bits per heavy atom. The average molecular weight is 279 g/mol. The van der Waals surface area contributed by atoms with Crippen LogP contribution in [0.15, 0.2) is 34.9 Å². The van der Waals surface area contributed by atoms with Gasteiger partial charge in [0.05, 0.1) is 0 Å². The lowest BCUT2D eigenvalue weighted by molar-refractivity contribution is 0.467. The lowest BCUT2D eigenvalue weighted by atomic mass is 9.79. The molecule has 0 aliphatic heterocycles. The van der Waals surface area contributed by atoms with Crippen LogP contribution in [0.2, 0.25) is 0 Å². The Labute approximate surface area is 125 Å². The Kier molecular flexibility index (Phi) is 6.46. The molecule has 0 spiro atoms. The lowest BCUT2D eigenvalue weighted by Crippen LogP contribution is -2.30. The number of hydrogen-bond donors (Lipinski definition) is 1. The van der Waals surface area contributed by atoms with Crippen molar-refractivity contribution < 1.29 is 0 Å². The van der Waals surface area contributed by atoms with Crippen molar-refractivity contribution in [3.63, 3.8) is 0 Å². The number of rotatable bonds is 6. The first-order valence-corrected chi connectivity index (χ1v) is 8.10. The zero-order valence-corrected chi connectivity index (χ0v) is 14.2. The van der Waals surface area contributed by atoms with E-state index in [1.165, 1.54) is 42.4 Å². The summed E-state index contributed by atoms with van der Waals surface area (Å²) in [6.45, 7) is 11.2. The second-order valence-electron chi connectivity index (χ2n) is 6.13. The van der Waals surface area contributed by atoms with Crippen LogP contribution in [0.1, 0.15) is 66.7 Å². The molecular weight excluding hydrogens is 248 g/mol. The van der Waals surface area contributed by atoms with Crippen molar-refractivity contribution >= 4 is 12.6 Å². The molecule has 0 saturated heterocycles. The Bertz CT molecular complexity index is 382. The molecule has 1 rings (SSSR count). The molecule has 0 N–H and O–H groups in total. The Balaban J connectivity index is 2.84. The minimum absolute atomic E-state index is 0.0114. The van der Waals surface area contributed by atoms with Crippen molar-refractivity contribution in [3.8, 4) is 0 Å². The first-order valence-electron chi connectivity index (χ1n) is 7.66. The highest BCUT2D eigenvalue weighted by molar-refractivity contribution is 7.82. The van der Waals surface area contributed by atoms with E-state index in [4.69, 9.17) is 12.6 Å². The summed E-state index contributed by atoms with van der Waals surface area (Å²) in [7, 11) is 0. The van der Waals surface area contributed by atoms with Crippen molar-refractivity contribution in [3.05, 3.63) is 34.9 Å². The van der Waals surface area contributed by atoms with Crippen LogP contribution in [0.5, 0.6) is 0 Å². The van der Waals surface area contributed by atoms with Crippen LogP contribution in [0.4, 0.5) is 0 Å². The van der Waals surface area contributed by atoms with Gasteiger partial charge in [-0.25, -0.2) is 0 Å². The van der Waals surface area contributed by atoms with Crippen molar-refractivity contribution in [1.82, 2.24) is 0 Å². The van der Waals surface area contributed by atoms with Crippen molar-refractivity contribution in [2.75, 3.05) is 0 Å². The van der Waals surface area contributed by atoms with Gasteiger partial charge in [0.25, 0.3) is 0 Å². The second-order valence-corrected chi connectivity index (χ2v) is 7.05. The number of allylic oxidation sites excluding steroid dienone is 5. The van der Waals surface area contributed by atoms with Gasteiger partial charge in [-0.2, -0.15) is 12.6 Å². The van der Waals surface area contributed by atoms with Crippen LogP contribution in [0.25, 0.3) is 0 Å². The Morgan fingerprint density at radius 3 is 2.79 bits per heavy atom. The molecule has 1 heteroatoms. The first kappa shape index (κ1) is 16.6. The van der Waals surface area contributed by atoms with Gasteiger partial charge in [-0.15, -0.1) is 0 Å². The van der Waals surface area contributed by atoms with E-state index in [0.717, 1.165) is 6.42 Å². The monoisotopic (exact) mass is 278 g/mol. The molecule has 0 amide bonds.